The van der Waals surface area contributed by atoms with Crippen molar-refractivity contribution in [3.63, 3.8) is 0 Å². The van der Waals surface area contributed by atoms with Crippen molar-refractivity contribution in [2.75, 3.05) is 37.1 Å². The maximum absolute atomic E-state index is 13.1. The predicted octanol–water partition coefficient (Wildman–Crippen LogP) is 5.00. The summed E-state index contributed by atoms with van der Waals surface area (Å²) in [6, 6.07) is 8.84. The number of thiazole rings is 1. The van der Waals surface area contributed by atoms with Crippen LogP contribution >= 0.6 is 11.3 Å². The lowest BCUT2D eigenvalue weighted by Crippen LogP contribution is -2.41. The quantitative estimate of drug-likeness (QED) is 0.431. The Morgan fingerprint density at radius 2 is 1.75 bits per heavy atom. The van der Waals surface area contributed by atoms with Crippen LogP contribution in [0.3, 0.4) is 0 Å². The molecular formula is C26H29N3O6S. The Morgan fingerprint density at radius 1 is 1.08 bits per heavy atom. The second-order valence-electron chi connectivity index (χ2n) is 7.93. The van der Waals surface area contributed by atoms with Crippen LogP contribution in [-0.2, 0) is 4.79 Å². The molecular weight excluding hydrogens is 482 g/mol. The van der Waals surface area contributed by atoms with Gasteiger partial charge in [-0.1, -0.05) is 0 Å². The number of nitrogens with zero attached hydrogens (tertiary/aromatic N) is 2. The average Bonchev–Trinajstić information content (AvgIpc) is 3.33. The first-order chi connectivity index (χ1) is 17.4. The summed E-state index contributed by atoms with van der Waals surface area (Å²) in [7, 11) is 1.72. The zero-order valence-electron chi connectivity index (χ0n) is 20.9. The van der Waals surface area contributed by atoms with Gasteiger partial charge in [-0.15, -0.1) is 11.3 Å². The number of hydrogen-bond donors (Lipinski definition) is 1. The molecule has 10 heteroatoms. The van der Waals surface area contributed by atoms with Gasteiger partial charge in [0.25, 0.3) is 11.8 Å². The molecule has 2 amide bonds. The Hall–Kier alpha value is -3.79. The second kappa shape index (κ2) is 10.9. The lowest BCUT2D eigenvalue weighted by atomic mass is 10.1. The lowest BCUT2D eigenvalue weighted by Gasteiger charge is -2.30. The summed E-state index contributed by atoms with van der Waals surface area (Å²) in [6.07, 6.45) is -0.525. The molecule has 1 N–H and O–H groups in total. The predicted molar refractivity (Wildman–Crippen MR) is 139 cm³/mol. The summed E-state index contributed by atoms with van der Waals surface area (Å²) in [6.45, 7) is 8.59. The number of carbonyl (C=O) groups is 2. The van der Waals surface area contributed by atoms with Gasteiger partial charge in [-0.05, 0) is 58.0 Å². The van der Waals surface area contributed by atoms with Crippen molar-refractivity contribution in [1.29, 1.82) is 0 Å². The topological polar surface area (TPSA) is 99.2 Å². The zero-order chi connectivity index (χ0) is 25.8. The fraction of sp³-hybridized carbons (Fsp3) is 0.346. The lowest BCUT2D eigenvalue weighted by molar-refractivity contribution is -0.125. The van der Waals surface area contributed by atoms with E-state index in [9.17, 15) is 9.59 Å². The molecule has 2 aromatic carbocycles. The summed E-state index contributed by atoms with van der Waals surface area (Å²) in [5.41, 5.74) is 2.52. The van der Waals surface area contributed by atoms with Crippen LogP contribution in [0.15, 0.2) is 35.7 Å². The molecule has 36 heavy (non-hydrogen) atoms. The Bertz CT molecular complexity index is 1250. The molecule has 9 nitrogen and oxygen atoms in total. The number of rotatable bonds is 9. The summed E-state index contributed by atoms with van der Waals surface area (Å²) >= 11 is 1.30. The van der Waals surface area contributed by atoms with Gasteiger partial charge in [-0.2, -0.15) is 0 Å². The Balaban J connectivity index is 1.57. The summed E-state index contributed by atoms with van der Waals surface area (Å²) in [4.78, 5) is 31.5. The Labute approximate surface area is 214 Å². The van der Waals surface area contributed by atoms with Gasteiger partial charge in [0, 0.05) is 23.6 Å². The molecule has 3 aromatic rings. The molecule has 1 aliphatic rings. The van der Waals surface area contributed by atoms with Crippen molar-refractivity contribution in [2.45, 2.75) is 33.8 Å². The van der Waals surface area contributed by atoms with Gasteiger partial charge >= 0.3 is 0 Å². The van der Waals surface area contributed by atoms with E-state index in [1.165, 1.54) is 11.3 Å². The molecule has 0 bridgehead atoms. The highest BCUT2D eigenvalue weighted by Crippen LogP contribution is 2.40. The first kappa shape index (κ1) is 25.3. The molecule has 190 valence electrons. The zero-order valence-corrected chi connectivity index (χ0v) is 21.7. The Morgan fingerprint density at radius 3 is 2.39 bits per heavy atom. The number of anilines is 2. The molecule has 0 fully saturated rings. The molecule has 4 rings (SSSR count). The van der Waals surface area contributed by atoms with Crippen molar-refractivity contribution in [3.8, 4) is 34.3 Å². The molecule has 0 spiro atoms. The van der Waals surface area contributed by atoms with E-state index in [-0.39, 0.29) is 11.8 Å². The number of likely N-dealkylation sites (N-methyl/N-ethyl adjacent to an activating group) is 1. The third-order valence-corrected chi connectivity index (χ3v) is 6.25. The maximum atomic E-state index is 13.1. The highest BCUT2D eigenvalue weighted by atomic mass is 32.1. The van der Waals surface area contributed by atoms with E-state index in [1.54, 1.807) is 31.0 Å². The number of fused-ring (bicyclic) bond motifs is 1. The van der Waals surface area contributed by atoms with Crippen LogP contribution in [0.1, 0.15) is 38.1 Å². The largest absolute Gasteiger partial charge is 0.490 e. The van der Waals surface area contributed by atoms with Gasteiger partial charge < -0.3 is 23.8 Å². The number of amides is 2. The number of carbonyl (C=O) groups excluding carboxylic acids is 2. The van der Waals surface area contributed by atoms with Crippen LogP contribution in [0.2, 0.25) is 0 Å². The van der Waals surface area contributed by atoms with Crippen LogP contribution in [0.4, 0.5) is 10.8 Å². The van der Waals surface area contributed by atoms with Crippen molar-refractivity contribution < 1.29 is 28.5 Å². The normalized spacial score (nSPS) is 14.6. The van der Waals surface area contributed by atoms with E-state index in [2.05, 4.69) is 10.3 Å². The smallest absolute Gasteiger partial charge is 0.267 e. The minimum absolute atomic E-state index is 0.112. The number of benzene rings is 2. The van der Waals surface area contributed by atoms with Crippen molar-refractivity contribution in [3.05, 3.63) is 41.3 Å². The van der Waals surface area contributed by atoms with Gasteiger partial charge in [-0.25, -0.2) is 4.98 Å². The number of aromatic nitrogens is 1. The molecule has 1 unspecified atom stereocenters. The number of ether oxygens (including phenoxy) is 4. The van der Waals surface area contributed by atoms with E-state index in [4.69, 9.17) is 18.9 Å². The fourth-order valence-corrected chi connectivity index (χ4v) is 4.54. The summed E-state index contributed by atoms with van der Waals surface area (Å²) in [5, 5.41) is 5.13. The summed E-state index contributed by atoms with van der Waals surface area (Å²) < 4.78 is 22.8. The van der Waals surface area contributed by atoms with E-state index in [1.807, 2.05) is 44.4 Å². The molecule has 0 saturated heterocycles. The van der Waals surface area contributed by atoms with Crippen LogP contribution in [0.5, 0.6) is 23.0 Å². The first-order valence-electron chi connectivity index (χ1n) is 11.8. The van der Waals surface area contributed by atoms with Crippen LogP contribution < -0.4 is 29.2 Å². The number of hydrogen-bond acceptors (Lipinski definition) is 8. The third kappa shape index (κ3) is 5.08. The van der Waals surface area contributed by atoms with E-state index >= 15 is 0 Å². The van der Waals surface area contributed by atoms with E-state index < -0.39 is 6.10 Å². The van der Waals surface area contributed by atoms with Gasteiger partial charge in [0.15, 0.2) is 22.7 Å². The fourth-order valence-electron chi connectivity index (χ4n) is 3.82. The average molecular weight is 512 g/mol. The molecule has 1 aromatic heterocycles. The minimum atomic E-state index is -0.525. The second-order valence-corrected chi connectivity index (χ2v) is 8.79. The molecule has 0 aliphatic carbocycles. The molecule has 0 radical (unpaired) electrons. The molecule has 1 atom stereocenters. The minimum Gasteiger partial charge on any atom is -0.490 e. The standard InChI is InChI=1S/C26H29N3O6S/c1-6-32-21-12-17(13-22(33-7-2)23(21)34-8-3)24(30)28-26-27-18(14-36-26)16-9-10-20-19(11-16)29(5)25(31)15(4)35-20/h9-15H,6-8H2,1-5H3,(H,27,28,30). The van der Waals surface area contributed by atoms with Gasteiger partial charge in [0.05, 0.1) is 31.2 Å². The maximum Gasteiger partial charge on any atom is 0.267 e. The molecule has 1 aliphatic heterocycles. The van der Waals surface area contributed by atoms with E-state index in [0.29, 0.717) is 64.9 Å². The van der Waals surface area contributed by atoms with Gasteiger partial charge in [0.1, 0.15) is 5.75 Å². The molecule has 2 heterocycles. The van der Waals surface area contributed by atoms with Gasteiger partial charge in [0.2, 0.25) is 5.75 Å². The highest BCUT2D eigenvalue weighted by Gasteiger charge is 2.29. The molecule has 0 saturated carbocycles. The SMILES string of the molecule is CCOc1cc(C(=O)Nc2nc(-c3ccc4c(c3)N(C)C(=O)C(C)O4)cs2)cc(OCC)c1OCC. The van der Waals surface area contributed by atoms with Crippen LogP contribution in [0, 0.1) is 0 Å². The Kier molecular flexibility index (Phi) is 7.64. The van der Waals surface area contributed by atoms with Crippen molar-refractivity contribution in [1.82, 2.24) is 4.98 Å². The van der Waals surface area contributed by atoms with Crippen molar-refractivity contribution in [2.24, 2.45) is 0 Å². The van der Waals surface area contributed by atoms with E-state index in [0.717, 1.165) is 5.56 Å². The monoisotopic (exact) mass is 511 g/mol. The van der Waals surface area contributed by atoms with Crippen LogP contribution in [-0.4, -0.2) is 49.8 Å². The summed E-state index contributed by atoms with van der Waals surface area (Å²) in [5.74, 6) is 1.54. The van der Waals surface area contributed by atoms with Gasteiger partial charge in [-0.3, -0.25) is 14.9 Å². The number of nitrogens with one attached hydrogen (secondary N) is 1. The van der Waals surface area contributed by atoms with Crippen LogP contribution in [0.25, 0.3) is 11.3 Å². The van der Waals surface area contributed by atoms with Crippen molar-refractivity contribution >= 4 is 34.0 Å². The first-order valence-corrected chi connectivity index (χ1v) is 12.7. The third-order valence-electron chi connectivity index (χ3n) is 5.49. The highest BCUT2D eigenvalue weighted by molar-refractivity contribution is 7.14.